The molecule has 3 amide bonds. The number of nitrogens with one attached hydrogen (secondary N) is 2. The summed E-state index contributed by atoms with van der Waals surface area (Å²) in [5, 5.41) is 13.3. The topological polar surface area (TPSA) is 98.7 Å². The first-order chi connectivity index (χ1) is 10.4. The summed E-state index contributed by atoms with van der Waals surface area (Å²) in [4.78, 5) is 36.5. The number of fused-ring (bicyclic) bond motifs is 1. The Bertz CT molecular complexity index is 602. The van der Waals surface area contributed by atoms with E-state index in [1.165, 1.54) is 6.92 Å². The van der Waals surface area contributed by atoms with Crippen LogP contribution in [-0.2, 0) is 22.6 Å². The molecule has 1 heterocycles. The SMILES string of the molecule is CC(NC(=O)O)C(=O)NC1Cc2ccccc2CN(C)C1=O. The Balaban J connectivity index is 2.14. The lowest BCUT2D eigenvalue weighted by atomic mass is 10.0. The second-order valence-corrected chi connectivity index (χ2v) is 5.40. The molecule has 2 rings (SSSR count). The van der Waals surface area contributed by atoms with E-state index in [1.54, 1.807) is 11.9 Å². The van der Waals surface area contributed by atoms with Gasteiger partial charge in [-0.1, -0.05) is 24.3 Å². The molecule has 0 aromatic heterocycles. The minimum Gasteiger partial charge on any atom is -0.465 e. The van der Waals surface area contributed by atoms with E-state index in [4.69, 9.17) is 5.11 Å². The average Bonchev–Trinajstić information content (AvgIpc) is 2.57. The number of likely N-dealkylation sites (N-methyl/N-ethyl adjacent to an activating group) is 1. The van der Waals surface area contributed by atoms with E-state index in [2.05, 4.69) is 10.6 Å². The van der Waals surface area contributed by atoms with E-state index >= 15 is 0 Å². The summed E-state index contributed by atoms with van der Waals surface area (Å²) < 4.78 is 0. The molecule has 1 aromatic rings. The summed E-state index contributed by atoms with van der Waals surface area (Å²) in [6.45, 7) is 1.92. The number of carbonyl (C=O) groups is 3. The third-order valence-corrected chi connectivity index (χ3v) is 3.67. The Labute approximate surface area is 128 Å². The van der Waals surface area contributed by atoms with Gasteiger partial charge in [-0.05, 0) is 18.1 Å². The zero-order valence-electron chi connectivity index (χ0n) is 12.5. The number of benzene rings is 1. The molecular formula is C15H19N3O4. The van der Waals surface area contributed by atoms with Crippen molar-refractivity contribution in [3.8, 4) is 0 Å². The van der Waals surface area contributed by atoms with Crippen LogP contribution in [0.3, 0.4) is 0 Å². The van der Waals surface area contributed by atoms with Gasteiger partial charge in [0.15, 0.2) is 0 Å². The Morgan fingerprint density at radius 2 is 1.95 bits per heavy atom. The Morgan fingerprint density at radius 3 is 2.59 bits per heavy atom. The third kappa shape index (κ3) is 3.55. The van der Waals surface area contributed by atoms with Crippen LogP contribution in [0.25, 0.3) is 0 Å². The van der Waals surface area contributed by atoms with Crippen molar-refractivity contribution < 1.29 is 19.5 Å². The predicted molar refractivity (Wildman–Crippen MR) is 79.2 cm³/mol. The van der Waals surface area contributed by atoms with Crippen molar-refractivity contribution in [2.24, 2.45) is 0 Å². The van der Waals surface area contributed by atoms with E-state index in [1.807, 2.05) is 24.3 Å². The lowest BCUT2D eigenvalue weighted by Gasteiger charge is -2.22. The molecule has 22 heavy (non-hydrogen) atoms. The van der Waals surface area contributed by atoms with Gasteiger partial charge >= 0.3 is 6.09 Å². The van der Waals surface area contributed by atoms with Crippen LogP contribution >= 0.6 is 0 Å². The number of nitrogens with zero attached hydrogens (tertiary/aromatic N) is 1. The van der Waals surface area contributed by atoms with Crippen LogP contribution in [0.4, 0.5) is 4.79 Å². The zero-order valence-corrected chi connectivity index (χ0v) is 12.5. The molecule has 1 aromatic carbocycles. The highest BCUT2D eigenvalue weighted by Gasteiger charge is 2.30. The summed E-state index contributed by atoms with van der Waals surface area (Å²) in [7, 11) is 1.68. The van der Waals surface area contributed by atoms with Gasteiger partial charge in [-0.3, -0.25) is 9.59 Å². The third-order valence-electron chi connectivity index (χ3n) is 3.67. The minimum absolute atomic E-state index is 0.188. The van der Waals surface area contributed by atoms with E-state index < -0.39 is 24.1 Å². The lowest BCUT2D eigenvalue weighted by Crippen LogP contribution is -2.52. The summed E-state index contributed by atoms with van der Waals surface area (Å²) >= 11 is 0. The fourth-order valence-corrected chi connectivity index (χ4v) is 2.48. The Kier molecular flexibility index (Phi) is 4.65. The fraction of sp³-hybridized carbons (Fsp3) is 0.400. The van der Waals surface area contributed by atoms with Gasteiger partial charge in [-0.15, -0.1) is 0 Å². The molecule has 3 N–H and O–H groups in total. The molecule has 0 radical (unpaired) electrons. The molecule has 118 valence electrons. The van der Waals surface area contributed by atoms with Crippen molar-refractivity contribution in [1.82, 2.24) is 15.5 Å². The van der Waals surface area contributed by atoms with Crippen LogP contribution in [0.5, 0.6) is 0 Å². The highest BCUT2D eigenvalue weighted by molar-refractivity contribution is 5.91. The highest BCUT2D eigenvalue weighted by atomic mass is 16.4. The molecule has 0 spiro atoms. The molecule has 7 nitrogen and oxygen atoms in total. The minimum atomic E-state index is -1.28. The molecule has 0 bridgehead atoms. The maximum Gasteiger partial charge on any atom is 0.405 e. The van der Waals surface area contributed by atoms with Crippen LogP contribution in [-0.4, -0.2) is 47.0 Å². The second-order valence-electron chi connectivity index (χ2n) is 5.40. The van der Waals surface area contributed by atoms with Gasteiger partial charge in [0.25, 0.3) is 0 Å². The molecule has 0 aliphatic carbocycles. The lowest BCUT2D eigenvalue weighted by molar-refractivity contribution is -0.135. The van der Waals surface area contributed by atoms with Crippen molar-refractivity contribution in [3.05, 3.63) is 35.4 Å². The molecule has 7 heteroatoms. The maximum atomic E-state index is 12.4. The smallest absolute Gasteiger partial charge is 0.405 e. The highest BCUT2D eigenvalue weighted by Crippen LogP contribution is 2.18. The van der Waals surface area contributed by atoms with Crippen LogP contribution in [0.2, 0.25) is 0 Å². The Morgan fingerprint density at radius 1 is 1.32 bits per heavy atom. The predicted octanol–water partition coefficient (Wildman–Crippen LogP) is 0.342. The summed E-state index contributed by atoms with van der Waals surface area (Å²) in [6, 6.07) is 6.07. The average molecular weight is 305 g/mol. The van der Waals surface area contributed by atoms with Gasteiger partial charge in [0.1, 0.15) is 12.1 Å². The number of hydrogen-bond acceptors (Lipinski definition) is 3. The monoisotopic (exact) mass is 305 g/mol. The maximum absolute atomic E-state index is 12.4. The summed E-state index contributed by atoms with van der Waals surface area (Å²) in [5.41, 5.74) is 2.05. The quantitative estimate of drug-likeness (QED) is 0.750. The number of rotatable bonds is 3. The van der Waals surface area contributed by atoms with Gasteiger partial charge < -0.3 is 20.6 Å². The Hall–Kier alpha value is -2.57. The molecule has 2 atom stereocenters. The van der Waals surface area contributed by atoms with Crippen LogP contribution in [0.15, 0.2) is 24.3 Å². The molecule has 2 unspecified atom stereocenters. The van der Waals surface area contributed by atoms with Crippen molar-refractivity contribution in [3.63, 3.8) is 0 Å². The van der Waals surface area contributed by atoms with Crippen molar-refractivity contribution in [2.75, 3.05) is 7.05 Å². The van der Waals surface area contributed by atoms with E-state index in [0.717, 1.165) is 11.1 Å². The van der Waals surface area contributed by atoms with Crippen LogP contribution < -0.4 is 10.6 Å². The largest absolute Gasteiger partial charge is 0.465 e. The van der Waals surface area contributed by atoms with Gasteiger partial charge in [-0.2, -0.15) is 0 Å². The van der Waals surface area contributed by atoms with Crippen molar-refractivity contribution >= 4 is 17.9 Å². The second kappa shape index (κ2) is 6.46. The molecule has 0 fully saturated rings. The molecule has 0 saturated carbocycles. The number of hydrogen-bond donors (Lipinski definition) is 3. The van der Waals surface area contributed by atoms with Crippen molar-refractivity contribution in [1.29, 1.82) is 0 Å². The first kappa shape index (κ1) is 15.8. The van der Waals surface area contributed by atoms with Crippen molar-refractivity contribution in [2.45, 2.75) is 32.0 Å². The number of carboxylic acid groups (broad SMARTS) is 1. The summed E-state index contributed by atoms with van der Waals surface area (Å²) in [5.74, 6) is -0.708. The first-order valence-electron chi connectivity index (χ1n) is 7.00. The normalized spacial score (nSPS) is 18.9. The molecule has 1 aliphatic heterocycles. The van der Waals surface area contributed by atoms with Gasteiger partial charge in [0.05, 0.1) is 0 Å². The first-order valence-corrected chi connectivity index (χ1v) is 7.00. The van der Waals surface area contributed by atoms with Crippen LogP contribution in [0.1, 0.15) is 18.1 Å². The van der Waals surface area contributed by atoms with E-state index in [9.17, 15) is 14.4 Å². The van der Waals surface area contributed by atoms with Gasteiger partial charge in [-0.25, -0.2) is 4.79 Å². The standard InChI is InChI=1S/C15H19N3O4/c1-9(16-15(21)22)13(19)17-12-7-10-5-3-4-6-11(10)8-18(2)14(12)20/h3-6,9,12,16H,7-8H2,1-2H3,(H,17,19)(H,21,22). The number of amides is 3. The summed E-state index contributed by atoms with van der Waals surface area (Å²) in [6.07, 6.45) is -0.887. The number of carbonyl (C=O) groups excluding carboxylic acids is 2. The van der Waals surface area contributed by atoms with E-state index in [0.29, 0.717) is 13.0 Å². The molecule has 1 aliphatic rings. The zero-order chi connectivity index (χ0) is 16.3. The van der Waals surface area contributed by atoms with Gasteiger partial charge in [0.2, 0.25) is 11.8 Å². The fourth-order valence-electron chi connectivity index (χ4n) is 2.48. The molecule has 0 saturated heterocycles. The van der Waals surface area contributed by atoms with Gasteiger partial charge in [0, 0.05) is 20.0 Å². The van der Waals surface area contributed by atoms with E-state index in [-0.39, 0.29) is 5.91 Å². The molecular weight excluding hydrogens is 286 g/mol. The van der Waals surface area contributed by atoms with Crippen LogP contribution in [0, 0.1) is 0 Å².